The highest BCUT2D eigenvalue weighted by atomic mass is 16.2. The summed E-state index contributed by atoms with van der Waals surface area (Å²) in [6.07, 6.45) is 14.4. The molecule has 0 radical (unpaired) electrons. The van der Waals surface area contributed by atoms with Crippen LogP contribution in [0.15, 0.2) is 53.2 Å². The molecule has 1 unspecified atom stereocenters. The van der Waals surface area contributed by atoms with Gasteiger partial charge in [0.15, 0.2) is 0 Å². The van der Waals surface area contributed by atoms with E-state index in [0.29, 0.717) is 24.4 Å². The first kappa shape index (κ1) is 21.2. The Kier molecular flexibility index (Phi) is 4.64. The van der Waals surface area contributed by atoms with Gasteiger partial charge >= 0.3 is 0 Å². The van der Waals surface area contributed by atoms with E-state index in [2.05, 4.69) is 48.7 Å². The van der Waals surface area contributed by atoms with Crippen molar-refractivity contribution in [3.63, 3.8) is 0 Å². The van der Waals surface area contributed by atoms with Gasteiger partial charge in [0.05, 0.1) is 6.04 Å². The Morgan fingerprint density at radius 1 is 1.20 bits per heavy atom. The van der Waals surface area contributed by atoms with Gasteiger partial charge in [0.25, 0.3) is 5.91 Å². The number of rotatable bonds is 5. The summed E-state index contributed by atoms with van der Waals surface area (Å²) in [4.78, 5) is 35.0. The van der Waals surface area contributed by atoms with E-state index in [1.165, 1.54) is 16.7 Å². The molecule has 1 N–H and O–H groups in total. The second-order valence-corrected chi connectivity index (χ2v) is 11.2. The smallest absolute Gasteiger partial charge is 0.256 e. The third kappa shape index (κ3) is 3.57. The van der Waals surface area contributed by atoms with Crippen molar-refractivity contribution in [2.24, 2.45) is 16.8 Å². The number of likely N-dealkylation sites (tertiary alicyclic amines) is 1. The van der Waals surface area contributed by atoms with Crippen molar-refractivity contribution in [2.75, 3.05) is 19.6 Å². The number of allylic oxidation sites excluding steroid dienone is 2. The molecule has 1 saturated heterocycles. The van der Waals surface area contributed by atoms with Crippen LogP contribution in [-0.2, 0) is 9.59 Å². The fraction of sp³-hybridized carbons (Fsp3) is 0.483. The van der Waals surface area contributed by atoms with Crippen LogP contribution in [0, 0.1) is 18.8 Å². The maximum absolute atomic E-state index is 13.4. The van der Waals surface area contributed by atoms with Crippen LogP contribution in [0.3, 0.4) is 0 Å². The van der Waals surface area contributed by atoms with Crippen LogP contribution in [-0.4, -0.2) is 58.7 Å². The van der Waals surface area contributed by atoms with Crippen LogP contribution in [0.5, 0.6) is 0 Å². The Morgan fingerprint density at radius 3 is 2.83 bits per heavy atom. The Balaban J connectivity index is 1.12. The summed E-state index contributed by atoms with van der Waals surface area (Å²) in [6, 6.07) is 6.96. The molecule has 3 heterocycles. The van der Waals surface area contributed by atoms with E-state index in [1.807, 2.05) is 16.0 Å². The number of hydrogen-bond donors (Lipinski definition) is 1. The molecule has 0 aromatic heterocycles. The number of fused-ring (bicyclic) bond motifs is 1. The Bertz CT molecular complexity index is 1250. The van der Waals surface area contributed by atoms with Gasteiger partial charge in [0, 0.05) is 31.1 Å². The predicted molar refractivity (Wildman–Crippen MR) is 136 cm³/mol. The van der Waals surface area contributed by atoms with Crippen LogP contribution < -0.4 is 5.32 Å². The lowest BCUT2D eigenvalue weighted by molar-refractivity contribution is -0.131. The molecule has 2 atom stereocenters. The van der Waals surface area contributed by atoms with Crippen molar-refractivity contribution < 1.29 is 9.59 Å². The molecular formula is C29H32N4O2. The summed E-state index contributed by atoms with van der Waals surface area (Å²) in [5.41, 5.74) is 5.60. The lowest BCUT2D eigenvalue weighted by Gasteiger charge is -2.25. The second kappa shape index (κ2) is 7.67. The van der Waals surface area contributed by atoms with Crippen molar-refractivity contribution in [2.45, 2.75) is 57.0 Å². The van der Waals surface area contributed by atoms with Gasteiger partial charge in [-0.05, 0) is 85.9 Å². The summed E-state index contributed by atoms with van der Waals surface area (Å²) in [6.45, 7) is 4.39. The maximum atomic E-state index is 13.4. The zero-order valence-electron chi connectivity index (χ0n) is 20.3. The number of carbonyl (C=O) groups is 2. The molecule has 6 aliphatic rings. The number of aliphatic imine (C=N–C) groups is 1. The fourth-order valence-corrected chi connectivity index (χ4v) is 6.14. The van der Waals surface area contributed by atoms with Gasteiger partial charge in [-0.1, -0.05) is 30.4 Å². The van der Waals surface area contributed by atoms with Gasteiger partial charge in [-0.25, -0.2) is 0 Å². The van der Waals surface area contributed by atoms with Crippen LogP contribution in [0.25, 0.3) is 5.57 Å². The monoisotopic (exact) mass is 468 g/mol. The van der Waals surface area contributed by atoms with E-state index in [1.54, 1.807) is 0 Å². The highest BCUT2D eigenvalue weighted by Gasteiger charge is 2.57. The quantitative estimate of drug-likeness (QED) is 0.719. The summed E-state index contributed by atoms with van der Waals surface area (Å²) in [5, 5.41) is 3.43. The molecule has 35 heavy (non-hydrogen) atoms. The lowest BCUT2D eigenvalue weighted by atomic mass is 9.89. The average molecular weight is 469 g/mol. The number of carbonyl (C=O) groups excluding carboxylic acids is 2. The number of nitrogens with zero attached hydrogens (tertiary/aromatic N) is 3. The first-order valence-electron chi connectivity index (χ1n) is 13.2. The minimum Gasteiger partial charge on any atom is -0.384 e. The van der Waals surface area contributed by atoms with Crippen molar-refractivity contribution in [3.8, 4) is 0 Å². The highest BCUT2D eigenvalue weighted by Crippen LogP contribution is 2.46. The van der Waals surface area contributed by atoms with E-state index >= 15 is 0 Å². The first-order chi connectivity index (χ1) is 17.0. The van der Waals surface area contributed by atoms with Gasteiger partial charge in [-0.2, -0.15) is 0 Å². The topological polar surface area (TPSA) is 65.0 Å². The average Bonchev–Trinajstić information content (AvgIpc) is 3.74. The standard InChI is InChI=1S/C29H32N4O2/c1-18-14-22(23-5-2-20-8-12-30-25(20)15-23)6-7-24(18)26-31-29(10-11-29)28(35)33(26)17-19-9-13-32(16-19)27(34)21-3-4-21/h2,5-8,12,14,19,21,25,30H,3-4,9-11,13,15-17H2,1H3/t19-,25?/m1/s1. The molecule has 3 fully saturated rings. The van der Waals surface area contributed by atoms with E-state index in [0.717, 1.165) is 68.6 Å². The molecule has 2 amide bonds. The molecule has 3 aliphatic heterocycles. The van der Waals surface area contributed by atoms with E-state index in [-0.39, 0.29) is 11.8 Å². The highest BCUT2D eigenvalue weighted by molar-refractivity contribution is 6.17. The molecule has 2 saturated carbocycles. The second-order valence-electron chi connectivity index (χ2n) is 11.2. The zero-order chi connectivity index (χ0) is 23.7. The Labute approximate surface area is 206 Å². The molecule has 1 aromatic carbocycles. The summed E-state index contributed by atoms with van der Waals surface area (Å²) in [5.74, 6) is 1.90. The van der Waals surface area contributed by atoms with Gasteiger partial charge in [-0.15, -0.1) is 0 Å². The molecule has 1 spiro atoms. The minimum absolute atomic E-state index is 0.162. The van der Waals surface area contributed by atoms with Crippen molar-refractivity contribution in [1.82, 2.24) is 15.1 Å². The SMILES string of the molecule is Cc1cc(C2=CC=C3C=CNC3C2)ccc1C1=NC2(CC2)C(=O)N1C[C@@H]1CCN(C(=O)C2CC2)C1. The number of amides is 2. The normalized spacial score (nSPS) is 28.1. The van der Waals surface area contributed by atoms with E-state index in [4.69, 9.17) is 4.99 Å². The molecule has 180 valence electrons. The van der Waals surface area contributed by atoms with Crippen molar-refractivity contribution in [3.05, 3.63) is 64.9 Å². The van der Waals surface area contributed by atoms with Crippen molar-refractivity contribution >= 4 is 23.2 Å². The first-order valence-corrected chi connectivity index (χ1v) is 13.2. The van der Waals surface area contributed by atoms with Crippen LogP contribution in [0.4, 0.5) is 0 Å². The molecule has 0 bridgehead atoms. The number of amidine groups is 1. The Morgan fingerprint density at radius 2 is 2.06 bits per heavy atom. The molecule has 1 aromatic rings. The predicted octanol–water partition coefficient (Wildman–Crippen LogP) is 3.57. The minimum atomic E-state index is -0.517. The molecule has 6 nitrogen and oxygen atoms in total. The van der Waals surface area contributed by atoms with Gasteiger partial charge in [0.2, 0.25) is 5.91 Å². The zero-order valence-corrected chi connectivity index (χ0v) is 20.3. The van der Waals surface area contributed by atoms with E-state index < -0.39 is 5.54 Å². The molecular weight excluding hydrogens is 436 g/mol. The van der Waals surface area contributed by atoms with Gasteiger partial charge < -0.3 is 10.2 Å². The largest absolute Gasteiger partial charge is 0.384 e. The number of hydrogen-bond acceptors (Lipinski definition) is 4. The van der Waals surface area contributed by atoms with Gasteiger partial charge in [-0.3, -0.25) is 19.5 Å². The molecule has 7 rings (SSSR count). The van der Waals surface area contributed by atoms with Gasteiger partial charge in [0.1, 0.15) is 11.4 Å². The van der Waals surface area contributed by atoms with Crippen molar-refractivity contribution in [1.29, 1.82) is 0 Å². The molecule has 6 heteroatoms. The van der Waals surface area contributed by atoms with E-state index in [9.17, 15) is 9.59 Å². The maximum Gasteiger partial charge on any atom is 0.256 e. The summed E-state index contributed by atoms with van der Waals surface area (Å²) >= 11 is 0. The molecule has 3 aliphatic carbocycles. The Hall–Kier alpha value is -3.15. The van der Waals surface area contributed by atoms with Crippen LogP contribution in [0.2, 0.25) is 0 Å². The van der Waals surface area contributed by atoms with Crippen LogP contribution in [0.1, 0.15) is 55.2 Å². The summed E-state index contributed by atoms with van der Waals surface area (Å²) < 4.78 is 0. The third-order valence-electron chi connectivity index (χ3n) is 8.62. The van der Waals surface area contributed by atoms with Crippen LogP contribution >= 0.6 is 0 Å². The third-order valence-corrected chi connectivity index (χ3v) is 8.62. The number of aryl methyl sites for hydroxylation is 1. The number of nitrogens with one attached hydrogen (secondary N) is 1. The summed E-state index contributed by atoms with van der Waals surface area (Å²) in [7, 11) is 0. The number of benzene rings is 1. The lowest BCUT2D eigenvalue weighted by Crippen LogP contribution is -2.41. The fourth-order valence-electron chi connectivity index (χ4n) is 6.14.